The summed E-state index contributed by atoms with van der Waals surface area (Å²) in [4.78, 5) is 25.9. The number of rotatable bonds is 10. The number of esters is 1. The number of amides is 1. The molecule has 3 atom stereocenters. The van der Waals surface area contributed by atoms with Gasteiger partial charge < -0.3 is 19.2 Å². The molecule has 0 bridgehead atoms. The Morgan fingerprint density at radius 1 is 1.22 bits per heavy atom. The van der Waals surface area contributed by atoms with Crippen LogP contribution in [0.2, 0.25) is 0 Å². The highest BCUT2D eigenvalue weighted by atomic mass is 32.2. The topological polar surface area (TPSA) is 107 Å². The highest BCUT2D eigenvalue weighted by Gasteiger charge is 2.51. The van der Waals surface area contributed by atoms with Crippen molar-refractivity contribution in [2.75, 3.05) is 13.2 Å². The number of benzene rings is 1. The van der Waals surface area contributed by atoms with Crippen molar-refractivity contribution in [1.82, 2.24) is 10.0 Å². The third-order valence-corrected chi connectivity index (χ3v) is 7.13. The molecule has 200 valence electrons. The molecule has 0 radical (unpaired) electrons. The van der Waals surface area contributed by atoms with E-state index in [1.807, 2.05) is 4.72 Å². The molecule has 36 heavy (non-hydrogen) atoms. The molecule has 3 rings (SSSR count). The number of ether oxygens (including phenoxy) is 2. The second-order valence-electron chi connectivity index (χ2n) is 9.67. The van der Waals surface area contributed by atoms with Crippen LogP contribution in [-0.4, -0.2) is 52.3 Å². The number of carbonyl (C=O) groups excluding carboxylic acids is 2. The van der Waals surface area contributed by atoms with Crippen LogP contribution in [0.25, 0.3) is 11.0 Å². The molecule has 0 unspecified atom stereocenters. The van der Waals surface area contributed by atoms with Crippen molar-refractivity contribution < 1.29 is 40.9 Å². The third-order valence-electron chi connectivity index (χ3n) is 5.55. The molecule has 1 saturated carbocycles. The molecule has 1 aliphatic carbocycles. The van der Waals surface area contributed by atoms with Crippen LogP contribution >= 0.6 is 0 Å². The van der Waals surface area contributed by atoms with E-state index in [1.54, 1.807) is 18.2 Å². The number of carbonyl (C=O) groups is 2. The van der Waals surface area contributed by atoms with Gasteiger partial charge in [0.2, 0.25) is 0 Å². The van der Waals surface area contributed by atoms with Gasteiger partial charge in [-0.15, -0.1) is 0 Å². The lowest BCUT2D eigenvalue weighted by Crippen LogP contribution is -2.62. The van der Waals surface area contributed by atoms with Gasteiger partial charge in [0, 0.05) is 5.39 Å². The number of hydrogen-bond donors (Lipinski definition) is 2. The summed E-state index contributed by atoms with van der Waals surface area (Å²) < 4.78 is 71.8. The minimum atomic E-state index is -5.04. The molecule has 1 amide bonds. The maximum atomic E-state index is 14.1. The molecule has 1 aliphatic rings. The fraction of sp³-hybridized carbons (Fsp3) is 0.583. The van der Waals surface area contributed by atoms with Crippen LogP contribution < -0.4 is 14.8 Å². The number of furan rings is 1. The van der Waals surface area contributed by atoms with Gasteiger partial charge in [0.15, 0.2) is 6.04 Å². The van der Waals surface area contributed by atoms with Gasteiger partial charge in [0.05, 0.1) is 34.5 Å². The summed E-state index contributed by atoms with van der Waals surface area (Å²) in [6.45, 7) is 7.67. The zero-order valence-corrected chi connectivity index (χ0v) is 21.6. The lowest BCUT2D eigenvalue weighted by atomic mass is 10.1. The Balaban J connectivity index is 1.94. The predicted molar refractivity (Wildman–Crippen MR) is 128 cm³/mol. The second kappa shape index (κ2) is 10.8. The van der Waals surface area contributed by atoms with Gasteiger partial charge in [-0.05, 0) is 71.6 Å². The van der Waals surface area contributed by atoms with Crippen LogP contribution in [0.15, 0.2) is 22.6 Å². The van der Waals surface area contributed by atoms with E-state index in [1.165, 1.54) is 34.6 Å². The second-order valence-corrected chi connectivity index (χ2v) is 11.7. The van der Waals surface area contributed by atoms with E-state index in [-0.39, 0.29) is 17.9 Å². The smallest absolute Gasteiger partial charge is 0.407 e. The number of aryl methyl sites for hydroxylation is 1. The summed E-state index contributed by atoms with van der Waals surface area (Å²) in [6.07, 6.45) is -2.86. The van der Waals surface area contributed by atoms with Gasteiger partial charge in [-0.3, -0.25) is 4.79 Å². The Kier molecular flexibility index (Phi) is 8.39. The van der Waals surface area contributed by atoms with E-state index >= 15 is 0 Å². The largest absolute Gasteiger partial charge is 0.493 e. The van der Waals surface area contributed by atoms with Gasteiger partial charge in [0.1, 0.15) is 23.1 Å². The van der Waals surface area contributed by atoms with Crippen LogP contribution in [-0.2, 0) is 20.5 Å². The minimum absolute atomic E-state index is 0.0333. The Morgan fingerprint density at radius 2 is 1.89 bits per heavy atom. The number of fused-ring (bicyclic) bond motifs is 1. The average molecular weight is 533 g/mol. The summed E-state index contributed by atoms with van der Waals surface area (Å²) in [5.41, 5.74) is 0.303. The molecule has 0 spiro atoms. The van der Waals surface area contributed by atoms with E-state index in [4.69, 9.17) is 13.9 Å². The monoisotopic (exact) mass is 532 g/mol. The first kappa shape index (κ1) is 28.0. The van der Waals surface area contributed by atoms with Crippen LogP contribution in [0.4, 0.5) is 13.2 Å². The SMILES string of the molecule is CCOC(=O)[C@H](NC(=O)c1c(C)oc2ccc(OCC3CC3)cc12)[C@@H](N[S@](=O)C(C)(C)C)C(F)(F)F. The molecule has 0 saturated heterocycles. The van der Waals surface area contributed by atoms with Gasteiger partial charge in [0.25, 0.3) is 5.91 Å². The molecular formula is C24H31F3N2O6S. The molecule has 2 aromatic rings. The number of alkyl halides is 3. The third kappa shape index (κ3) is 6.78. The quantitative estimate of drug-likeness (QED) is 0.445. The van der Waals surface area contributed by atoms with Crippen molar-refractivity contribution >= 4 is 33.8 Å². The molecule has 2 N–H and O–H groups in total. The fourth-order valence-electron chi connectivity index (χ4n) is 3.41. The number of nitrogens with one attached hydrogen (secondary N) is 2. The Hall–Kier alpha value is -2.60. The zero-order chi connectivity index (χ0) is 26.8. The van der Waals surface area contributed by atoms with Crippen LogP contribution in [0, 0.1) is 12.8 Å². The number of hydrogen-bond acceptors (Lipinski definition) is 6. The first-order valence-electron chi connectivity index (χ1n) is 11.6. The van der Waals surface area contributed by atoms with Crippen molar-refractivity contribution in [3.8, 4) is 5.75 Å². The molecule has 1 aromatic heterocycles. The van der Waals surface area contributed by atoms with Crippen LogP contribution in [0.1, 0.15) is 56.7 Å². The maximum Gasteiger partial charge on any atom is 0.407 e. The first-order valence-corrected chi connectivity index (χ1v) is 12.8. The van der Waals surface area contributed by atoms with Gasteiger partial charge in [-0.25, -0.2) is 13.7 Å². The van der Waals surface area contributed by atoms with E-state index in [2.05, 4.69) is 5.32 Å². The minimum Gasteiger partial charge on any atom is -0.493 e. The molecule has 1 fully saturated rings. The highest BCUT2D eigenvalue weighted by Crippen LogP contribution is 2.33. The van der Waals surface area contributed by atoms with Crippen molar-refractivity contribution in [2.45, 2.75) is 70.5 Å². The fourth-order valence-corrected chi connectivity index (χ4v) is 4.26. The molecule has 12 heteroatoms. The lowest BCUT2D eigenvalue weighted by Gasteiger charge is -2.31. The summed E-state index contributed by atoms with van der Waals surface area (Å²) in [5, 5.41) is 2.48. The standard InChI is InChI=1S/C24H31F3N2O6S/c1-6-33-22(31)19(20(24(25,26)27)29-36(32)23(3,4)5)28-21(30)18-13(2)35-17-10-9-15(11-16(17)18)34-12-14-7-8-14/h9-11,14,19-20,29H,6-8,12H2,1-5H3,(H,28,30)/t19-,20-,36-/m1/s1. The van der Waals surface area contributed by atoms with Crippen LogP contribution in [0.5, 0.6) is 5.75 Å². The maximum absolute atomic E-state index is 14.1. The van der Waals surface area contributed by atoms with Gasteiger partial charge >= 0.3 is 12.1 Å². The Labute approximate surface area is 209 Å². The highest BCUT2D eigenvalue weighted by molar-refractivity contribution is 7.84. The van der Waals surface area contributed by atoms with Gasteiger partial charge in [-0.1, -0.05) is 0 Å². The zero-order valence-electron chi connectivity index (χ0n) is 20.8. The average Bonchev–Trinajstić information content (AvgIpc) is 3.53. The Bertz CT molecular complexity index is 1140. The molecular weight excluding hydrogens is 501 g/mol. The lowest BCUT2D eigenvalue weighted by molar-refractivity contribution is -0.171. The Morgan fingerprint density at radius 3 is 2.44 bits per heavy atom. The van der Waals surface area contributed by atoms with Gasteiger partial charge in [-0.2, -0.15) is 13.2 Å². The van der Waals surface area contributed by atoms with Crippen molar-refractivity contribution in [1.29, 1.82) is 0 Å². The van der Waals surface area contributed by atoms with Crippen LogP contribution in [0.3, 0.4) is 0 Å². The summed E-state index contributed by atoms with van der Waals surface area (Å²) in [7, 11) is -2.20. The summed E-state index contributed by atoms with van der Waals surface area (Å²) in [6, 6.07) is -0.00547. The van der Waals surface area contributed by atoms with E-state index in [0.29, 0.717) is 29.2 Å². The number of halogens is 3. The predicted octanol–water partition coefficient (Wildman–Crippen LogP) is 4.17. The normalized spacial score (nSPS) is 16.9. The van der Waals surface area contributed by atoms with Crippen molar-refractivity contribution in [3.63, 3.8) is 0 Å². The van der Waals surface area contributed by atoms with E-state index < -0.39 is 45.9 Å². The molecule has 1 heterocycles. The van der Waals surface area contributed by atoms with E-state index in [0.717, 1.165) is 12.8 Å². The first-order chi connectivity index (χ1) is 16.7. The van der Waals surface area contributed by atoms with E-state index in [9.17, 15) is 27.0 Å². The molecule has 8 nitrogen and oxygen atoms in total. The molecule has 1 aromatic carbocycles. The summed E-state index contributed by atoms with van der Waals surface area (Å²) in [5.74, 6) is -1.15. The molecule has 0 aliphatic heterocycles. The van der Waals surface area contributed by atoms with Crippen molar-refractivity contribution in [2.24, 2.45) is 5.92 Å². The van der Waals surface area contributed by atoms with Crippen molar-refractivity contribution in [3.05, 3.63) is 29.5 Å². The summed E-state index contributed by atoms with van der Waals surface area (Å²) >= 11 is 0.